The van der Waals surface area contributed by atoms with Crippen LogP contribution in [-0.4, -0.2) is 37.0 Å². The smallest absolute Gasteiger partial charge is 0.341 e. The maximum atomic E-state index is 10.4. The molecule has 136 valence electrons. The molecule has 2 rings (SSSR count). The van der Waals surface area contributed by atoms with Gasteiger partial charge in [-0.3, -0.25) is 4.79 Å². The van der Waals surface area contributed by atoms with Gasteiger partial charge in [-0.05, 0) is 43.9 Å². The number of carboxylic acids is 1. The van der Waals surface area contributed by atoms with E-state index in [1.165, 1.54) is 12.1 Å². The molecule has 0 atom stereocenters. The Morgan fingerprint density at radius 1 is 1.08 bits per heavy atom. The zero-order chi connectivity index (χ0) is 19.2. The van der Waals surface area contributed by atoms with Gasteiger partial charge in [-0.1, -0.05) is 53.5 Å². The number of hydrogen-bond donors (Lipinski definition) is 2. The molecular formula is C17H18Cl3NO4. The van der Waals surface area contributed by atoms with E-state index < -0.39 is 17.8 Å². The van der Waals surface area contributed by atoms with Crippen molar-refractivity contribution >= 4 is 46.0 Å². The predicted molar refractivity (Wildman–Crippen MR) is 101 cm³/mol. The van der Waals surface area contributed by atoms with Gasteiger partial charge < -0.3 is 15.2 Å². The van der Waals surface area contributed by atoms with E-state index in [9.17, 15) is 9.59 Å². The summed E-state index contributed by atoms with van der Waals surface area (Å²) in [6, 6.07) is 13.3. The SMILES string of the molecule is CNC.O=C(Cl)c1ccccc1.O=C(O)COc1ccc(Cl)cc1Cl. The maximum Gasteiger partial charge on any atom is 0.341 e. The number of nitrogens with one attached hydrogen (secondary N) is 1. The minimum absolute atomic E-state index is 0.300. The van der Waals surface area contributed by atoms with Crippen molar-refractivity contribution in [3.8, 4) is 5.75 Å². The molecule has 0 saturated heterocycles. The van der Waals surface area contributed by atoms with Crippen molar-refractivity contribution in [2.24, 2.45) is 0 Å². The Labute approximate surface area is 161 Å². The molecule has 0 aliphatic carbocycles. The maximum absolute atomic E-state index is 10.4. The van der Waals surface area contributed by atoms with E-state index >= 15 is 0 Å². The minimum atomic E-state index is -1.05. The average molecular weight is 407 g/mol. The third-order valence-corrected chi connectivity index (χ3v) is 2.99. The lowest BCUT2D eigenvalue weighted by atomic mass is 10.2. The first-order valence-corrected chi connectivity index (χ1v) is 8.08. The number of halogens is 3. The van der Waals surface area contributed by atoms with Crippen LogP contribution in [0.5, 0.6) is 5.75 Å². The van der Waals surface area contributed by atoms with Crippen LogP contribution in [0.4, 0.5) is 0 Å². The lowest BCUT2D eigenvalue weighted by molar-refractivity contribution is -0.139. The number of aliphatic carboxylic acids is 1. The summed E-state index contributed by atoms with van der Waals surface area (Å²) in [6.45, 7) is -0.415. The molecule has 0 spiro atoms. The molecule has 0 fully saturated rings. The number of ether oxygens (including phenoxy) is 1. The van der Waals surface area contributed by atoms with Crippen molar-refractivity contribution in [2.45, 2.75) is 0 Å². The van der Waals surface area contributed by atoms with E-state index in [0.717, 1.165) is 0 Å². The number of carboxylic acid groups (broad SMARTS) is 1. The molecule has 0 heterocycles. The number of benzene rings is 2. The van der Waals surface area contributed by atoms with Crippen molar-refractivity contribution in [3.05, 3.63) is 64.1 Å². The first-order valence-electron chi connectivity index (χ1n) is 6.94. The van der Waals surface area contributed by atoms with Crippen molar-refractivity contribution in [2.75, 3.05) is 20.7 Å². The molecule has 0 aliphatic heterocycles. The molecule has 0 saturated carbocycles. The first kappa shape index (κ1) is 23.2. The molecule has 0 amide bonds. The number of rotatable bonds is 4. The molecule has 5 nitrogen and oxygen atoms in total. The Hall–Kier alpha value is -1.79. The summed E-state index contributed by atoms with van der Waals surface area (Å²) in [5.41, 5.74) is 0.541. The Bertz CT molecular complexity index is 666. The minimum Gasteiger partial charge on any atom is -0.480 e. The molecular weight excluding hydrogens is 389 g/mol. The molecule has 0 bridgehead atoms. The summed E-state index contributed by atoms with van der Waals surface area (Å²) < 4.78 is 4.86. The lowest BCUT2D eigenvalue weighted by Crippen LogP contribution is -2.09. The van der Waals surface area contributed by atoms with Crippen molar-refractivity contribution in [1.82, 2.24) is 5.32 Å². The third kappa shape index (κ3) is 11.4. The van der Waals surface area contributed by atoms with Gasteiger partial charge in [0.15, 0.2) is 6.61 Å². The van der Waals surface area contributed by atoms with Gasteiger partial charge in [-0.25, -0.2) is 4.79 Å². The third-order valence-electron chi connectivity index (χ3n) is 2.25. The van der Waals surface area contributed by atoms with Crippen molar-refractivity contribution < 1.29 is 19.4 Å². The highest BCUT2D eigenvalue weighted by Gasteiger charge is 2.04. The van der Waals surface area contributed by atoms with E-state index in [0.29, 0.717) is 21.4 Å². The Morgan fingerprint density at radius 3 is 2.04 bits per heavy atom. The molecule has 0 unspecified atom stereocenters. The lowest BCUT2D eigenvalue weighted by Gasteiger charge is -2.04. The van der Waals surface area contributed by atoms with E-state index in [2.05, 4.69) is 5.32 Å². The largest absolute Gasteiger partial charge is 0.480 e. The summed E-state index contributed by atoms with van der Waals surface area (Å²) in [5, 5.41) is 11.4. The second-order valence-corrected chi connectivity index (χ2v) is 5.58. The van der Waals surface area contributed by atoms with Crippen LogP contribution >= 0.6 is 34.8 Å². The van der Waals surface area contributed by atoms with E-state index in [1.807, 2.05) is 20.2 Å². The normalized spacial score (nSPS) is 9.00. The molecule has 25 heavy (non-hydrogen) atoms. The summed E-state index contributed by atoms with van der Waals surface area (Å²) >= 11 is 16.5. The second-order valence-electron chi connectivity index (χ2n) is 4.40. The fraction of sp³-hybridized carbons (Fsp3) is 0.176. The van der Waals surface area contributed by atoms with Crippen LogP contribution in [0.2, 0.25) is 10.0 Å². The van der Waals surface area contributed by atoms with E-state index in [1.54, 1.807) is 30.3 Å². The van der Waals surface area contributed by atoms with Crippen LogP contribution in [0.15, 0.2) is 48.5 Å². The van der Waals surface area contributed by atoms with Crippen molar-refractivity contribution in [3.63, 3.8) is 0 Å². The average Bonchev–Trinajstić information content (AvgIpc) is 2.56. The summed E-state index contributed by atoms with van der Waals surface area (Å²) in [6.07, 6.45) is 0. The predicted octanol–water partition coefficient (Wildman–Crippen LogP) is 4.36. The Kier molecular flexibility index (Phi) is 12.5. The van der Waals surface area contributed by atoms with Gasteiger partial charge in [0.1, 0.15) is 5.75 Å². The van der Waals surface area contributed by atoms with Crippen LogP contribution < -0.4 is 10.1 Å². The highest BCUT2D eigenvalue weighted by atomic mass is 35.5. The van der Waals surface area contributed by atoms with Gasteiger partial charge in [0, 0.05) is 10.6 Å². The topological polar surface area (TPSA) is 75.6 Å². The molecule has 2 N–H and O–H groups in total. The quantitative estimate of drug-likeness (QED) is 0.738. The highest BCUT2D eigenvalue weighted by molar-refractivity contribution is 6.67. The molecule has 0 radical (unpaired) electrons. The summed E-state index contributed by atoms with van der Waals surface area (Å²) in [7, 11) is 3.75. The van der Waals surface area contributed by atoms with Gasteiger partial charge in [0.05, 0.1) is 5.02 Å². The zero-order valence-electron chi connectivity index (χ0n) is 13.6. The van der Waals surface area contributed by atoms with E-state index in [-0.39, 0.29) is 0 Å². The monoisotopic (exact) mass is 405 g/mol. The van der Waals surface area contributed by atoms with Crippen molar-refractivity contribution in [1.29, 1.82) is 0 Å². The first-order chi connectivity index (χ1) is 11.8. The number of carbonyl (C=O) groups excluding carboxylic acids is 1. The standard InChI is InChI=1S/C8H6Cl2O3.C7H5ClO.C2H7N/c9-5-1-2-7(6(10)3-5)13-4-8(11)12;8-7(9)6-4-2-1-3-5-6;1-3-2/h1-3H,4H2,(H,11,12);1-5H;3H,1-2H3. The van der Waals surface area contributed by atoms with Crippen LogP contribution in [0, 0.1) is 0 Å². The summed E-state index contributed by atoms with van der Waals surface area (Å²) in [5.74, 6) is -0.737. The summed E-state index contributed by atoms with van der Waals surface area (Å²) in [4.78, 5) is 20.6. The van der Waals surface area contributed by atoms with Crippen LogP contribution in [-0.2, 0) is 4.79 Å². The van der Waals surface area contributed by atoms with Gasteiger partial charge >= 0.3 is 5.97 Å². The fourth-order valence-electron chi connectivity index (χ4n) is 1.30. The second kappa shape index (κ2) is 13.5. The zero-order valence-corrected chi connectivity index (χ0v) is 15.9. The van der Waals surface area contributed by atoms with Crippen LogP contribution in [0.3, 0.4) is 0 Å². The van der Waals surface area contributed by atoms with Gasteiger partial charge in [-0.15, -0.1) is 0 Å². The molecule has 2 aromatic carbocycles. The van der Waals surface area contributed by atoms with Crippen LogP contribution in [0.1, 0.15) is 10.4 Å². The highest BCUT2D eigenvalue weighted by Crippen LogP contribution is 2.27. The van der Waals surface area contributed by atoms with Crippen LogP contribution in [0.25, 0.3) is 0 Å². The fourth-order valence-corrected chi connectivity index (χ4v) is 1.89. The molecule has 0 aromatic heterocycles. The number of carbonyl (C=O) groups is 2. The Balaban J connectivity index is 0.000000417. The van der Waals surface area contributed by atoms with E-state index in [4.69, 9.17) is 44.6 Å². The van der Waals surface area contributed by atoms with Gasteiger partial charge in [0.25, 0.3) is 5.24 Å². The Morgan fingerprint density at radius 2 is 1.64 bits per heavy atom. The number of hydrogen-bond acceptors (Lipinski definition) is 4. The van der Waals surface area contributed by atoms with Gasteiger partial charge in [-0.2, -0.15) is 0 Å². The molecule has 2 aromatic rings. The molecule has 0 aliphatic rings. The molecule has 8 heteroatoms. The van der Waals surface area contributed by atoms with Gasteiger partial charge in [0.2, 0.25) is 0 Å².